The van der Waals surface area contributed by atoms with E-state index >= 15 is 0 Å². The first-order valence-electron chi connectivity index (χ1n) is 6.09. The molecule has 2 nitrogen and oxygen atoms in total. The molecular weight excluding hydrogens is 196 g/mol. The maximum atomic E-state index is 3.45. The summed E-state index contributed by atoms with van der Waals surface area (Å²) < 4.78 is 0. The van der Waals surface area contributed by atoms with E-state index in [1.807, 2.05) is 0 Å². The Morgan fingerprint density at radius 2 is 1.88 bits per heavy atom. The number of nitrogens with one attached hydrogen (secondary N) is 1. The van der Waals surface area contributed by atoms with Crippen molar-refractivity contribution in [3.8, 4) is 0 Å². The van der Waals surface area contributed by atoms with Crippen LogP contribution in [0.5, 0.6) is 0 Å². The third-order valence-corrected chi connectivity index (χ3v) is 3.62. The average molecular weight is 218 g/mol. The molecule has 2 heteroatoms. The highest BCUT2D eigenvalue weighted by atomic mass is 15.1. The zero-order chi connectivity index (χ0) is 11.7. The normalized spacial score (nSPS) is 20.1. The Bertz CT molecular complexity index is 377. The van der Waals surface area contributed by atoms with Crippen LogP contribution in [0.2, 0.25) is 0 Å². The van der Waals surface area contributed by atoms with Crippen LogP contribution in [0.3, 0.4) is 0 Å². The molecule has 88 valence electrons. The summed E-state index contributed by atoms with van der Waals surface area (Å²) in [4.78, 5) is 2.24. The minimum Gasteiger partial charge on any atom is -0.377 e. The summed E-state index contributed by atoms with van der Waals surface area (Å²) in [6.07, 6.45) is 1.27. The van der Waals surface area contributed by atoms with Gasteiger partial charge in [-0.15, -0.1) is 0 Å². The highest BCUT2D eigenvalue weighted by molar-refractivity contribution is 5.58. The van der Waals surface area contributed by atoms with Gasteiger partial charge >= 0.3 is 0 Å². The van der Waals surface area contributed by atoms with Crippen molar-refractivity contribution in [2.45, 2.75) is 26.2 Å². The second-order valence-corrected chi connectivity index (χ2v) is 5.08. The molecule has 1 aromatic carbocycles. The van der Waals surface area contributed by atoms with Crippen molar-refractivity contribution in [3.63, 3.8) is 0 Å². The Hall–Kier alpha value is -1.02. The average Bonchev–Trinajstić information content (AvgIpc) is 2.74. The fourth-order valence-corrected chi connectivity index (χ4v) is 2.46. The van der Waals surface area contributed by atoms with Crippen molar-refractivity contribution in [1.82, 2.24) is 5.32 Å². The van der Waals surface area contributed by atoms with E-state index in [9.17, 15) is 0 Å². The SMILES string of the molecule is Cc1cc(C2CCNC2)c(N(C)C)cc1C. The van der Waals surface area contributed by atoms with Gasteiger partial charge in [-0.3, -0.25) is 0 Å². The lowest BCUT2D eigenvalue weighted by Crippen LogP contribution is -2.15. The predicted molar refractivity (Wildman–Crippen MR) is 70.5 cm³/mol. The number of rotatable bonds is 2. The number of nitrogens with zero attached hydrogens (tertiary/aromatic N) is 1. The summed E-state index contributed by atoms with van der Waals surface area (Å²) in [7, 11) is 4.27. The maximum Gasteiger partial charge on any atom is 0.0399 e. The Labute approximate surface area is 98.7 Å². The van der Waals surface area contributed by atoms with Gasteiger partial charge in [-0.25, -0.2) is 0 Å². The third kappa shape index (κ3) is 2.07. The molecular formula is C14H22N2. The fourth-order valence-electron chi connectivity index (χ4n) is 2.46. The molecule has 0 aliphatic carbocycles. The second-order valence-electron chi connectivity index (χ2n) is 5.08. The molecule has 1 aliphatic rings. The standard InChI is InChI=1S/C14H22N2/c1-10-7-13(12-5-6-15-9-12)14(16(3)4)8-11(10)2/h7-8,12,15H,5-6,9H2,1-4H3. The fraction of sp³-hybridized carbons (Fsp3) is 0.571. The minimum absolute atomic E-state index is 0.691. The quantitative estimate of drug-likeness (QED) is 0.820. The summed E-state index contributed by atoms with van der Waals surface area (Å²) in [6.45, 7) is 6.69. The molecule has 0 bridgehead atoms. The summed E-state index contributed by atoms with van der Waals surface area (Å²) in [6, 6.07) is 4.70. The number of aryl methyl sites for hydroxylation is 2. The van der Waals surface area contributed by atoms with Gasteiger partial charge in [0.1, 0.15) is 0 Å². The molecule has 1 heterocycles. The van der Waals surface area contributed by atoms with Gasteiger partial charge in [-0.05, 0) is 55.5 Å². The largest absolute Gasteiger partial charge is 0.377 e. The smallest absolute Gasteiger partial charge is 0.0399 e. The van der Waals surface area contributed by atoms with Crippen molar-refractivity contribution >= 4 is 5.69 Å². The van der Waals surface area contributed by atoms with Crippen LogP contribution >= 0.6 is 0 Å². The van der Waals surface area contributed by atoms with E-state index in [0.29, 0.717) is 5.92 Å². The van der Waals surface area contributed by atoms with E-state index in [4.69, 9.17) is 0 Å². The Morgan fingerprint density at radius 3 is 2.44 bits per heavy atom. The molecule has 0 amide bonds. The molecule has 0 spiro atoms. The topological polar surface area (TPSA) is 15.3 Å². The number of benzene rings is 1. The van der Waals surface area contributed by atoms with Crippen LogP contribution in [0.15, 0.2) is 12.1 Å². The molecule has 1 saturated heterocycles. The Morgan fingerprint density at radius 1 is 1.19 bits per heavy atom. The van der Waals surface area contributed by atoms with Gasteiger partial charge in [0.25, 0.3) is 0 Å². The van der Waals surface area contributed by atoms with Gasteiger partial charge in [-0.2, -0.15) is 0 Å². The lowest BCUT2D eigenvalue weighted by atomic mass is 9.92. The second kappa shape index (κ2) is 4.46. The highest BCUT2D eigenvalue weighted by Gasteiger charge is 2.20. The van der Waals surface area contributed by atoms with Crippen molar-refractivity contribution < 1.29 is 0 Å². The van der Waals surface area contributed by atoms with Crippen molar-refractivity contribution in [2.75, 3.05) is 32.1 Å². The van der Waals surface area contributed by atoms with Crippen LogP contribution in [-0.2, 0) is 0 Å². The molecule has 1 aliphatic heterocycles. The van der Waals surface area contributed by atoms with Gasteiger partial charge in [-0.1, -0.05) is 6.07 Å². The first-order valence-corrected chi connectivity index (χ1v) is 6.09. The molecule has 1 unspecified atom stereocenters. The van der Waals surface area contributed by atoms with Crippen molar-refractivity contribution in [2.24, 2.45) is 0 Å². The van der Waals surface area contributed by atoms with E-state index in [-0.39, 0.29) is 0 Å². The molecule has 0 radical (unpaired) electrons. The third-order valence-electron chi connectivity index (χ3n) is 3.62. The summed E-state index contributed by atoms with van der Waals surface area (Å²) in [5, 5.41) is 3.45. The monoisotopic (exact) mass is 218 g/mol. The van der Waals surface area contributed by atoms with Crippen LogP contribution in [-0.4, -0.2) is 27.2 Å². The lowest BCUT2D eigenvalue weighted by molar-refractivity contribution is 0.759. The molecule has 1 N–H and O–H groups in total. The molecule has 0 saturated carbocycles. The highest BCUT2D eigenvalue weighted by Crippen LogP contribution is 2.32. The Balaban J connectivity index is 2.44. The molecule has 16 heavy (non-hydrogen) atoms. The van der Waals surface area contributed by atoms with Crippen LogP contribution in [0, 0.1) is 13.8 Å². The number of hydrogen-bond donors (Lipinski definition) is 1. The van der Waals surface area contributed by atoms with E-state index in [2.05, 4.69) is 50.3 Å². The Kier molecular flexibility index (Phi) is 3.20. The van der Waals surface area contributed by atoms with E-state index in [1.165, 1.54) is 28.8 Å². The predicted octanol–water partition coefficient (Wildman–Crippen LogP) is 2.45. The van der Waals surface area contributed by atoms with E-state index < -0.39 is 0 Å². The molecule has 2 rings (SSSR count). The number of anilines is 1. The maximum absolute atomic E-state index is 3.45. The zero-order valence-corrected chi connectivity index (χ0v) is 10.8. The van der Waals surface area contributed by atoms with Crippen LogP contribution in [0.4, 0.5) is 5.69 Å². The van der Waals surface area contributed by atoms with Crippen molar-refractivity contribution in [1.29, 1.82) is 0 Å². The minimum atomic E-state index is 0.691. The van der Waals surface area contributed by atoms with Gasteiger partial charge in [0.05, 0.1) is 0 Å². The van der Waals surface area contributed by atoms with Gasteiger partial charge in [0, 0.05) is 26.3 Å². The molecule has 1 aromatic rings. The van der Waals surface area contributed by atoms with Gasteiger partial charge in [0.2, 0.25) is 0 Å². The van der Waals surface area contributed by atoms with Crippen LogP contribution < -0.4 is 10.2 Å². The number of hydrogen-bond acceptors (Lipinski definition) is 2. The molecule has 0 aromatic heterocycles. The molecule has 1 fully saturated rings. The first-order chi connectivity index (χ1) is 7.59. The summed E-state index contributed by atoms with van der Waals surface area (Å²) in [5.74, 6) is 0.691. The van der Waals surface area contributed by atoms with Crippen LogP contribution in [0.25, 0.3) is 0 Å². The van der Waals surface area contributed by atoms with Crippen LogP contribution in [0.1, 0.15) is 29.0 Å². The van der Waals surface area contributed by atoms with E-state index in [1.54, 1.807) is 0 Å². The summed E-state index contributed by atoms with van der Waals surface area (Å²) >= 11 is 0. The molecule has 1 atom stereocenters. The van der Waals surface area contributed by atoms with Crippen molar-refractivity contribution in [3.05, 3.63) is 28.8 Å². The zero-order valence-electron chi connectivity index (χ0n) is 10.8. The van der Waals surface area contributed by atoms with Gasteiger partial charge in [0.15, 0.2) is 0 Å². The van der Waals surface area contributed by atoms with E-state index in [0.717, 1.165) is 13.1 Å². The lowest BCUT2D eigenvalue weighted by Gasteiger charge is -2.22. The first kappa shape index (κ1) is 11.5. The summed E-state index contributed by atoms with van der Waals surface area (Å²) in [5.41, 5.74) is 5.70. The van der Waals surface area contributed by atoms with Gasteiger partial charge < -0.3 is 10.2 Å².